The lowest BCUT2D eigenvalue weighted by molar-refractivity contribution is 0.0959. The van der Waals surface area contributed by atoms with Crippen molar-refractivity contribution in [1.82, 2.24) is 5.43 Å². The number of aryl methyl sites for hydroxylation is 1. The second kappa shape index (κ2) is 7.03. The maximum atomic E-state index is 12.3. The number of carbonyl (C=O) groups excluding carboxylic acids is 1. The first kappa shape index (κ1) is 16.5. The minimum atomic E-state index is -0.316. The molecule has 1 aromatic heterocycles. The van der Waals surface area contributed by atoms with Crippen molar-refractivity contribution >= 4 is 45.1 Å². The Morgan fingerprint density at radius 2 is 2.00 bits per heavy atom. The monoisotopic (exact) mass is 358 g/mol. The van der Waals surface area contributed by atoms with E-state index in [2.05, 4.69) is 10.5 Å². The topological polar surface area (TPSA) is 50.7 Å². The molecule has 0 spiro atoms. The summed E-state index contributed by atoms with van der Waals surface area (Å²) in [6, 6.07) is 13.3. The molecule has 122 valence electrons. The third-order valence-corrected chi connectivity index (χ3v) is 5.14. The van der Waals surface area contributed by atoms with E-state index in [1.807, 2.05) is 49.4 Å². The minimum absolute atomic E-state index is 0.316. The third kappa shape index (κ3) is 3.42. The van der Waals surface area contributed by atoms with Gasteiger partial charge in [-0.15, -0.1) is 11.3 Å². The molecular weight excluding hydrogens is 344 g/mol. The molecule has 0 fully saturated rings. The SMILES string of the molecule is COc1ccc(C=NNC(=O)c2sc3cc(C)ccc3c2Cl)cc1. The zero-order valence-corrected chi connectivity index (χ0v) is 14.7. The van der Waals surface area contributed by atoms with E-state index in [1.54, 1.807) is 13.3 Å². The quantitative estimate of drug-likeness (QED) is 0.545. The Kier molecular flexibility index (Phi) is 4.83. The molecule has 0 radical (unpaired) electrons. The number of hydrazone groups is 1. The van der Waals surface area contributed by atoms with E-state index in [-0.39, 0.29) is 5.91 Å². The lowest BCUT2D eigenvalue weighted by Crippen LogP contribution is -2.16. The van der Waals surface area contributed by atoms with Crippen LogP contribution in [0.15, 0.2) is 47.6 Å². The molecular formula is C18H15ClN2O2S. The average Bonchev–Trinajstić information content (AvgIpc) is 2.91. The van der Waals surface area contributed by atoms with E-state index < -0.39 is 0 Å². The lowest BCUT2D eigenvalue weighted by Gasteiger charge is -1.99. The maximum absolute atomic E-state index is 12.3. The molecule has 0 saturated carbocycles. The standard InChI is InChI=1S/C18H15ClN2O2S/c1-11-3-8-14-15(9-11)24-17(16(14)19)18(22)21-20-10-12-4-6-13(23-2)7-5-12/h3-10H,1-2H3,(H,21,22). The van der Waals surface area contributed by atoms with E-state index in [0.717, 1.165) is 27.0 Å². The van der Waals surface area contributed by atoms with Gasteiger partial charge in [-0.3, -0.25) is 4.79 Å². The second-order valence-corrected chi connectivity index (χ2v) is 6.65. The van der Waals surface area contributed by atoms with Crippen LogP contribution in [0, 0.1) is 6.92 Å². The van der Waals surface area contributed by atoms with Crippen molar-refractivity contribution in [2.24, 2.45) is 5.10 Å². The highest BCUT2D eigenvalue weighted by Gasteiger charge is 2.16. The maximum Gasteiger partial charge on any atom is 0.283 e. The summed E-state index contributed by atoms with van der Waals surface area (Å²) in [4.78, 5) is 12.8. The van der Waals surface area contributed by atoms with Gasteiger partial charge >= 0.3 is 0 Å². The number of nitrogens with zero attached hydrogens (tertiary/aromatic N) is 1. The Balaban J connectivity index is 1.74. The predicted octanol–water partition coefficient (Wildman–Crippen LogP) is 4.64. The average molecular weight is 359 g/mol. The van der Waals surface area contributed by atoms with Gasteiger partial charge < -0.3 is 4.74 Å². The fraction of sp³-hybridized carbons (Fsp3) is 0.111. The third-order valence-electron chi connectivity index (χ3n) is 3.49. The number of halogens is 1. The molecule has 0 aliphatic heterocycles. The van der Waals surface area contributed by atoms with Crippen LogP contribution in [0.25, 0.3) is 10.1 Å². The summed E-state index contributed by atoms with van der Waals surface area (Å²) in [6.45, 7) is 2.01. The molecule has 0 aliphatic rings. The summed E-state index contributed by atoms with van der Waals surface area (Å²) in [7, 11) is 1.61. The van der Waals surface area contributed by atoms with Gasteiger partial charge in [-0.05, 0) is 48.4 Å². The van der Waals surface area contributed by atoms with Crippen LogP contribution >= 0.6 is 22.9 Å². The highest BCUT2D eigenvalue weighted by Crippen LogP contribution is 2.35. The van der Waals surface area contributed by atoms with Crippen molar-refractivity contribution in [2.75, 3.05) is 7.11 Å². The number of carbonyl (C=O) groups is 1. The van der Waals surface area contributed by atoms with E-state index in [4.69, 9.17) is 16.3 Å². The van der Waals surface area contributed by atoms with Crippen LogP contribution in [0.2, 0.25) is 5.02 Å². The van der Waals surface area contributed by atoms with Crippen molar-refractivity contribution in [3.8, 4) is 5.75 Å². The smallest absolute Gasteiger partial charge is 0.283 e. The molecule has 1 N–H and O–H groups in total. The Labute approximate surface area is 148 Å². The molecule has 1 heterocycles. The van der Waals surface area contributed by atoms with Gasteiger partial charge in [-0.2, -0.15) is 5.10 Å². The number of hydrogen-bond donors (Lipinski definition) is 1. The van der Waals surface area contributed by atoms with Crippen LogP contribution in [-0.4, -0.2) is 19.2 Å². The van der Waals surface area contributed by atoms with Crippen LogP contribution in [0.4, 0.5) is 0 Å². The number of amides is 1. The first-order valence-electron chi connectivity index (χ1n) is 7.24. The van der Waals surface area contributed by atoms with Gasteiger partial charge in [0.2, 0.25) is 0 Å². The van der Waals surface area contributed by atoms with E-state index in [1.165, 1.54) is 11.3 Å². The van der Waals surface area contributed by atoms with Crippen LogP contribution in [0.1, 0.15) is 20.8 Å². The number of rotatable bonds is 4. The summed E-state index contributed by atoms with van der Waals surface area (Å²) in [5.74, 6) is 0.451. The normalized spacial score (nSPS) is 11.1. The van der Waals surface area contributed by atoms with Gasteiger partial charge in [-0.1, -0.05) is 23.7 Å². The first-order valence-corrected chi connectivity index (χ1v) is 8.44. The molecule has 0 saturated heterocycles. The van der Waals surface area contributed by atoms with E-state index in [0.29, 0.717) is 9.90 Å². The van der Waals surface area contributed by atoms with Crippen molar-refractivity contribution in [3.63, 3.8) is 0 Å². The molecule has 6 heteroatoms. The summed E-state index contributed by atoms with van der Waals surface area (Å²) < 4.78 is 6.08. The molecule has 4 nitrogen and oxygen atoms in total. The fourth-order valence-corrected chi connectivity index (χ4v) is 3.73. The Morgan fingerprint density at radius 3 is 2.71 bits per heavy atom. The fourth-order valence-electron chi connectivity index (χ4n) is 2.22. The second-order valence-electron chi connectivity index (χ2n) is 5.22. The zero-order chi connectivity index (χ0) is 17.1. The molecule has 3 rings (SSSR count). The van der Waals surface area contributed by atoms with Crippen molar-refractivity contribution in [2.45, 2.75) is 6.92 Å². The largest absolute Gasteiger partial charge is 0.497 e. The molecule has 0 aliphatic carbocycles. The molecule has 2 aromatic carbocycles. The number of methoxy groups -OCH3 is 1. The molecule has 1 amide bonds. The van der Waals surface area contributed by atoms with Crippen molar-refractivity contribution in [1.29, 1.82) is 0 Å². The summed E-state index contributed by atoms with van der Waals surface area (Å²) >= 11 is 7.68. The number of hydrogen-bond acceptors (Lipinski definition) is 4. The number of fused-ring (bicyclic) bond motifs is 1. The van der Waals surface area contributed by atoms with Crippen LogP contribution in [-0.2, 0) is 0 Å². The molecule has 3 aromatic rings. The number of nitrogens with one attached hydrogen (secondary N) is 1. The van der Waals surface area contributed by atoms with Crippen LogP contribution < -0.4 is 10.2 Å². The van der Waals surface area contributed by atoms with Crippen LogP contribution in [0.3, 0.4) is 0 Å². The molecule has 0 bridgehead atoms. The number of ether oxygens (including phenoxy) is 1. The Morgan fingerprint density at radius 1 is 1.25 bits per heavy atom. The Bertz CT molecular complexity index is 917. The van der Waals surface area contributed by atoms with Gasteiger partial charge in [0.15, 0.2) is 0 Å². The highest BCUT2D eigenvalue weighted by molar-refractivity contribution is 7.21. The van der Waals surface area contributed by atoms with Crippen LogP contribution in [0.5, 0.6) is 5.75 Å². The number of thiophene rings is 1. The van der Waals surface area contributed by atoms with Gasteiger partial charge in [0.25, 0.3) is 5.91 Å². The van der Waals surface area contributed by atoms with E-state index in [9.17, 15) is 4.79 Å². The summed E-state index contributed by atoms with van der Waals surface area (Å²) in [5, 5.41) is 5.34. The molecule has 0 unspecified atom stereocenters. The van der Waals surface area contributed by atoms with Crippen molar-refractivity contribution < 1.29 is 9.53 Å². The predicted molar refractivity (Wildman–Crippen MR) is 99.6 cm³/mol. The minimum Gasteiger partial charge on any atom is -0.497 e. The van der Waals surface area contributed by atoms with E-state index >= 15 is 0 Å². The summed E-state index contributed by atoms with van der Waals surface area (Å²) in [6.07, 6.45) is 1.57. The lowest BCUT2D eigenvalue weighted by atomic mass is 10.2. The summed E-state index contributed by atoms with van der Waals surface area (Å²) in [5.41, 5.74) is 4.50. The number of benzene rings is 2. The first-order chi connectivity index (χ1) is 11.6. The van der Waals surface area contributed by atoms with Crippen molar-refractivity contribution in [3.05, 3.63) is 63.5 Å². The van der Waals surface area contributed by atoms with Gasteiger partial charge in [0.1, 0.15) is 10.6 Å². The molecule has 24 heavy (non-hydrogen) atoms. The zero-order valence-electron chi connectivity index (χ0n) is 13.2. The Hall–Kier alpha value is -2.37. The van der Waals surface area contributed by atoms with Gasteiger partial charge in [0.05, 0.1) is 18.3 Å². The van der Waals surface area contributed by atoms with Gasteiger partial charge in [-0.25, -0.2) is 5.43 Å². The highest BCUT2D eigenvalue weighted by atomic mass is 35.5. The van der Waals surface area contributed by atoms with Gasteiger partial charge in [0, 0.05) is 10.1 Å². The molecule has 0 atom stereocenters.